The van der Waals surface area contributed by atoms with Crippen molar-refractivity contribution in [2.24, 2.45) is 0 Å². The number of hydrogen-bond donors (Lipinski definition) is 0. The molecule has 55 heavy (non-hydrogen) atoms. The lowest BCUT2D eigenvalue weighted by Gasteiger charge is -2.48. The third-order valence-corrected chi connectivity index (χ3v) is 18.8. The molecule has 0 N–H and O–H groups in total. The van der Waals surface area contributed by atoms with Crippen molar-refractivity contribution < 1.29 is 27.6 Å². The molecule has 3 aliphatic rings. The van der Waals surface area contributed by atoms with Gasteiger partial charge in [-0.3, -0.25) is 4.90 Å². The first-order valence-corrected chi connectivity index (χ1v) is 23.1. The molecule has 1 unspecified atom stereocenters. The highest BCUT2D eigenvalue weighted by Crippen LogP contribution is 2.47. The Labute approximate surface area is 326 Å². The lowest BCUT2D eigenvalue weighted by molar-refractivity contribution is 0.000948. The topological polar surface area (TPSA) is 104 Å². The fraction of sp³-hybridized carbons (Fsp3) is 0.524. The summed E-state index contributed by atoms with van der Waals surface area (Å²) in [5.74, 6) is 2.77. The van der Waals surface area contributed by atoms with Crippen LogP contribution < -0.4 is 9.64 Å². The smallest absolute Gasteiger partial charge is 0.410 e. The predicted octanol–water partition coefficient (Wildman–Crippen LogP) is 9.17. The number of halogens is 2. The third-order valence-electron chi connectivity index (χ3n) is 11.8. The van der Waals surface area contributed by atoms with Crippen molar-refractivity contribution >= 4 is 52.8 Å². The maximum absolute atomic E-state index is 17.4. The lowest BCUT2D eigenvalue weighted by atomic mass is 9.96. The van der Waals surface area contributed by atoms with Gasteiger partial charge in [0.05, 0.1) is 18.1 Å². The summed E-state index contributed by atoms with van der Waals surface area (Å²) < 4.78 is 58.3. The summed E-state index contributed by atoms with van der Waals surface area (Å²) in [4.78, 5) is 31.7. The monoisotopic (exact) mass is 787 g/mol. The van der Waals surface area contributed by atoms with Gasteiger partial charge in [-0.25, -0.2) is 18.6 Å². The highest BCUT2D eigenvalue weighted by molar-refractivity contribution is 7.90. The number of carbonyl (C=O) groups is 1. The standard InChI is InChI=1S/C42H51F2N5O4SSi/c1-22(2)55(23(3)4,24(5)6)18-17-27-20-28(43)19-26-13-12-14-30(32(26)27)35-34(44)36-33-38(47-40(46-36)54(11)51)48-21-29-15-16-31(37(48)25(7)52-39(33)45-35)49(29)41(50)53-42(8,9)10/h12-14,19-20,22-25,29,31,37H,15-16,21H2,1-11H3/t25-,29+,31-,37+,54?/m0/s1. The highest BCUT2D eigenvalue weighted by Gasteiger charge is 2.54. The average molecular weight is 788 g/mol. The molecule has 5 atom stereocenters. The van der Waals surface area contributed by atoms with E-state index in [-0.39, 0.29) is 45.8 Å². The summed E-state index contributed by atoms with van der Waals surface area (Å²) in [5.41, 5.74) is 4.87. The second kappa shape index (κ2) is 14.2. The van der Waals surface area contributed by atoms with Crippen LogP contribution >= 0.6 is 0 Å². The Morgan fingerprint density at radius 3 is 2.36 bits per heavy atom. The van der Waals surface area contributed by atoms with E-state index in [0.717, 1.165) is 6.42 Å². The molecule has 1 amide bonds. The molecule has 5 heterocycles. The van der Waals surface area contributed by atoms with Crippen molar-refractivity contribution in [3.63, 3.8) is 0 Å². The summed E-state index contributed by atoms with van der Waals surface area (Å²) in [5, 5.41) is 1.39. The second-order valence-corrected chi connectivity index (χ2v) is 24.1. The van der Waals surface area contributed by atoms with Gasteiger partial charge in [0.15, 0.2) is 11.6 Å². The quantitative estimate of drug-likeness (QED) is 0.0854. The molecule has 4 aromatic rings. The van der Waals surface area contributed by atoms with E-state index >= 15 is 8.78 Å². The van der Waals surface area contributed by atoms with Gasteiger partial charge in [0.25, 0.3) is 0 Å². The molecule has 2 fully saturated rings. The number of hydrogen-bond acceptors (Lipinski definition) is 8. The van der Waals surface area contributed by atoms with Crippen molar-refractivity contribution in [2.45, 2.75) is 134 Å². The molecule has 9 nitrogen and oxygen atoms in total. The molecule has 7 rings (SSSR count). The van der Waals surface area contributed by atoms with Gasteiger partial charge in [0.2, 0.25) is 5.88 Å². The Bertz CT molecular complexity index is 2230. The fourth-order valence-corrected chi connectivity index (χ4v) is 15.3. The van der Waals surface area contributed by atoms with Gasteiger partial charge in [-0.15, -0.1) is 5.54 Å². The van der Waals surface area contributed by atoms with Gasteiger partial charge in [-0.1, -0.05) is 65.7 Å². The van der Waals surface area contributed by atoms with E-state index in [9.17, 15) is 9.35 Å². The van der Waals surface area contributed by atoms with Crippen LogP contribution in [0.2, 0.25) is 16.6 Å². The number of aromatic nitrogens is 3. The van der Waals surface area contributed by atoms with Gasteiger partial charge in [-0.2, -0.15) is 9.97 Å². The van der Waals surface area contributed by atoms with Crippen LogP contribution in [0.5, 0.6) is 5.88 Å². The molecule has 13 heteroatoms. The molecule has 0 spiro atoms. The third kappa shape index (κ3) is 6.61. The Hall–Kier alpha value is -3.99. The molecule has 2 aromatic carbocycles. The van der Waals surface area contributed by atoms with Crippen LogP contribution in [-0.2, 0) is 15.9 Å². The van der Waals surface area contributed by atoms with E-state index in [2.05, 4.69) is 62.9 Å². The van der Waals surface area contributed by atoms with E-state index in [1.165, 1.54) is 18.4 Å². The zero-order valence-corrected chi connectivity index (χ0v) is 35.4. The number of benzene rings is 2. The zero-order chi connectivity index (χ0) is 39.9. The predicted molar refractivity (Wildman–Crippen MR) is 217 cm³/mol. The minimum Gasteiger partial charge on any atom is -0.609 e. The first kappa shape index (κ1) is 39.2. The van der Waals surface area contributed by atoms with Crippen molar-refractivity contribution in [3.8, 4) is 28.6 Å². The van der Waals surface area contributed by atoms with E-state index in [0.29, 0.717) is 57.3 Å². The van der Waals surface area contributed by atoms with Gasteiger partial charge < -0.3 is 18.9 Å². The molecular weight excluding hydrogens is 737 g/mol. The van der Waals surface area contributed by atoms with Crippen LogP contribution in [-0.4, -0.2) is 81.2 Å². The maximum Gasteiger partial charge on any atom is 0.410 e. The van der Waals surface area contributed by atoms with Crippen LogP contribution in [0.3, 0.4) is 0 Å². The summed E-state index contributed by atoms with van der Waals surface area (Å²) in [7, 11) is -2.22. The fourth-order valence-electron chi connectivity index (χ4n) is 9.62. The Morgan fingerprint density at radius 1 is 1.04 bits per heavy atom. The summed E-state index contributed by atoms with van der Waals surface area (Å²) in [6.07, 6.45) is 2.02. The first-order valence-electron chi connectivity index (χ1n) is 19.3. The minimum atomic E-state index is -2.22. The van der Waals surface area contributed by atoms with Crippen molar-refractivity contribution in [1.82, 2.24) is 19.9 Å². The minimum absolute atomic E-state index is 0.0244. The summed E-state index contributed by atoms with van der Waals surface area (Å²) >= 11 is -1.66. The van der Waals surface area contributed by atoms with Crippen molar-refractivity contribution in [3.05, 3.63) is 47.5 Å². The van der Waals surface area contributed by atoms with Crippen molar-refractivity contribution in [2.75, 3.05) is 17.7 Å². The van der Waals surface area contributed by atoms with Gasteiger partial charge >= 0.3 is 11.2 Å². The Balaban J connectivity index is 1.44. The number of rotatable bonds is 5. The largest absolute Gasteiger partial charge is 0.609 e. The molecule has 0 aliphatic carbocycles. The number of fused-ring (bicyclic) bond motifs is 6. The number of nitrogens with zero attached hydrogens (tertiary/aromatic N) is 5. The molecule has 3 aliphatic heterocycles. The molecule has 0 saturated carbocycles. The molecular formula is C42H51F2N5O4SSi. The van der Waals surface area contributed by atoms with Crippen molar-refractivity contribution in [1.29, 1.82) is 0 Å². The van der Waals surface area contributed by atoms with E-state index < -0.39 is 48.6 Å². The zero-order valence-electron chi connectivity index (χ0n) is 33.6. The molecule has 0 radical (unpaired) electrons. The van der Waals surface area contributed by atoms with E-state index in [4.69, 9.17) is 19.4 Å². The van der Waals surface area contributed by atoms with Crippen LogP contribution in [0, 0.1) is 23.1 Å². The number of piperazine rings is 1. The van der Waals surface area contributed by atoms with E-state index in [1.54, 1.807) is 18.2 Å². The van der Waals surface area contributed by atoms with Crippen LogP contribution in [0.4, 0.5) is 19.4 Å². The van der Waals surface area contributed by atoms with Gasteiger partial charge in [0.1, 0.15) is 48.4 Å². The summed E-state index contributed by atoms with van der Waals surface area (Å²) in [6.45, 7) is 21.2. The van der Waals surface area contributed by atoms with Crippen LogP contribution in [0.25, 0.3) is 32.9 Å². The lowest BCUT2D eigenvalue weighted by Crippen LogP contribution is -2.65. The molecule has 292 valence electrons. The molecule has 2 bridgehead atoms. The maximum atomic E-state index is 17.4. The Morgan fingerprint density at radius 2 is 1.73 bits per heavy atom. The normalized spacial score (nSPS) is 21.5. The first-order chi connectivity index (χ1) is 25.8. The SMILES string of the molecule is CC(C)[Si](C#Cc1cc(F)cc2cccc(-c3nc4c5c(nc([S+](C)[O-])nc5c3F)N3C[C@H]5CC[C@@H]([C@H]3[C@H](C)O4)N5C(=O)OC(C)(C)C)c12)(C(C)C)C(C)C. The number of pyridine rings is 1. The highest BCUT2D eigenvalue weighted by atomic mass is 32.2. The average Bonchev–Trinajstić information content (AvgIpc) is 3.34. The van der Waals surface area contributed by atoms with Gasteiger partial charge in [-0.05, 0) is 74.7 Å². The molecule has 2 aromatic heterocycles. The summed E-state index contributed by atoms with van der Waals surface area (Å²) in [6, 6.07) is 7.30. The van der Waals surface area contributed by atoms with Crippen LogP contribution in [0.1, 0.15) is 87.6 Å². The number of carbonyl (C=O) groups excluding carboxylic acids is 1. The Kier molecular flexibility index (Phi) is 10.1. The number of amides is 1. The van der Waals surface area contributed by atoms with Crippen LogP contribution in [0.15, 0.2) is 35.5 Å². The number of ether oxygens (including phenoxy) is 2. The van der Waals surface area contributed by atoms with Gasteiger partial charge in [0, 0.05) is 34.2 Å². The second-order valence-electron chi connectivity index (χ2n) is 17.2. The number of anilines is 1. The molecule has 2 saturated heterocycles. The van der Waals surface area contributed by atoms with E-state index in [1.807, 2.05) is 32.6 Å².